The first-order valence-corrected chi connectivity index (χ1v) is 8.10. The number of carbonyl (C=O) groups is 2. The molecule has 5 heteroatoms. The predicted octanol–water partition coefficient (Wildman–Crippen LogP) is 1.82. The Kier molecular flexibility index (Phi) is 5.25. The maximum Gasteiger partial charge on any atom is 0.306 e. The zero-order valence-electron chi connectivity index (χ0n) is 13.3. The van der Waals surface area contributed by atoms with Gasteiger partial charge in [-0.1, -0.05) is 13.8 Å². The fourth-order valence-corrected chi connectivity index (χ4v) is 3.30. The largest absolute Gasteiger partial charge is 0.481 e. The van der Waals surface area contributed by atoms with E-state index >= 15 is 0 Å². The van der Waals surface area contributed by atoms with E-state index in [1.807, 2.05) is 4.90 Å². The summed E-state index contributed by atoms with van der Waals surface area (Å²) in [5.74, 6) is -0.830. The molecule has 0 aromatic carbocycles. The van der Waals surface area contributed by atoms with Gasteiger partial charge in [0.25, 0.3) is 0 Å². The summed E-state index contributed by atoms with van der Waals surface area (Å²) < 4.78 is 0. The Labute approximate surface area is 127 Å². The fraction of sp³-hybridized carbons (Fsp3) is 0.875. The Morgan fingerprint density at radius 1 is 1.10 bits per heavy atom. The normalized spacial score (nSPS) is 24.6. The Hall–Kier alpha value is -1.10. The van der Waals surface area contributed by atoms with E-state index < -0.39 is 5.97 Å². The molecular weight excluding hydrogens is 268 g/mol. The van der Waals surface area contributed by atoms with Crippen molar-refractivity contribution in [2.24, 2.45) is 11.3 Å². The van der Waals surface area contributed by atoms with Crippen molar-refractivity contribution in [1.29, 1.82) is 0 Å². The second-order valence-electron chi connectivity index (χ2n) is 7.29. The molecule has 2 fully saturated rings. The number of hydrogen-bond donors (Lipinski definition) is 1. The van der Waals surface area contributed by atoms with Crippen LogP contribution in [0.3, 0.4) is 0 Å². The molecule has 5 nitrogen and oxygen atoms in total. The molecule has 120 valence electrons. The second kappa shape index (κ2) is 6.77. The highest BCUT2D eigenvalue weighted by Gasteiger charge is 2.29. The van der Waals surface area contributed by atoms with Crippen LogP contribution in [0.25, 0.3) is 0 Å². The van der Waals surface area contributed by atoms with E-state index in [0.29, 0.717) is 37.9 Å². The summed E-state index contributed by atoms with van der Waals surface area (Å²) in [5, 5.41) is 8.99. The highest BCUT2D eigenvalue weighted by molar-refractivity contribution is 5.79. The summed E-state index contributed by atoms with van der Waals surface area (Å²) in [6.45, 7) is 8.27. The van der Waals surface area contributed by atoms with Gasteiger partial charge in [-0.3, -0.25) is 14.5 Å². The molecule has 21 heavy (non-hydrogen) atoms. The van der Waals surface area contributed by atoms with E-state index in [0.717, 1.165) is 25.9 Å². The molecule has 1 amide bonds. The van der Waals surface area contributed by atoms with Crippen molar-refractivity contribution in [3.8, 4) is 0 Å². The molecule has 0 atom stereocenters. The molecule has 0 saturated carbocycles. The summed E-state index contributed by atoms with van der Waals surface area (Å²) in [7, 11) is 0. The zero-order chi connectivity index (χ0) is 15.5. The van der Waals surface area contributed by atoms with Crippen molar-refractivity contribution in [1.82, 2.24) is 9.80 Å². The topological polar surface area (TPSA) is 60.9 Å². The van der Waals surface area contributed by atoms with Gasteiger partial charge in [0, 0.05) is 13.1 Å². The molecule has 2 heterocycles. The molecule has 2 saturated heterocycles. The quantitative estimate of drug-likeness (QED) is 0.863. The third-order valence-corrected chi connectivity index (χ3v) is 4.99. The monoisotopic (exact) mass is 296 g/mol. The standard InChI is InChI=1S/C16H28N2O3/c1-16(2)6-3-8-17(11-7-16)12-14(19)18-9-4-13(5-10-18)15(20)21/h13H,3-12H2,1-2H3,(H,20,21). The van der Waals surface area contributed by atoms with Crippen molar-refractivity contribution in [2.45, 2.75) is 46.0 Å². The van der Waals surface area contributed by atoms with Gasteiger partial charge in [-0.25, -0.2) is 0 Å². The Bertz CT molecular complexity index is 387. The lowest BCUT2D eigenvalue weighted by molar-refractivity contribution is -0.146. The number of rotatable bonds is 3. The summed E-state index contributed by atoms with van der Waals surface area (Å²) in [5.41, 5.74) is 0.387. The molecule has 0 aromatic heterocycles. The number of likely N-dealkylation sites (tertiary alicyclic amines) is 2. The highest BCUT2D eigenvalue weighted by atomic mass is 16.4. The van der Waals surface area contributed by atoms with Gasteiger partial charge in [-0.05, 0) is 50.6 Å². The van der Waals surface area contributed by atoms with Gasteiger partial charge in [0.2, 0.25) is 5.91 Å². The maximum atomic E-state index is 12.4. The van der Waals surface area contributed by atoms with Gasteiger partial charge in [0.05, 0.1) is 12.5 Å². The van der Waals surface area contributed by atoms with Crippen LogP contribution in [0.15, 0.2) is 0 Å². The molecule has 0 spiro atoms. The minimum atomic E-state index is -0.725. The average molecular weight is 296 g/mol. The van der Waals surface area contributed by atoms with Crippen LogP contribution in [-0.4, -0.2) is 59.5 Å². The fourth-order valence-electron chi connectivity index (χ4n) is 3.30. The van der Waals surface area contributed by atoms with Gasteiger partial charge < -0.3 is 10.0 Å². The molecular formula is C16H28N2O3. The van der Waals surface area contributed by atoms with E-state index in [1.165, 1.54) is 6.42 Å². The van der Waals surface area contributed by atoms with Crippen LogP contribution in [0.2, 0.25) is 0 Å². The number of hydrogen-bond acceptors (Lipinski definition) is 3. The van der Waals surface area contributed by atoms with Crippen LogP contribution in [0, 0.1) is 11.3 Å². The van der Waals surface area contributed by atoms with Gasteiger partial charge in [0.1, 0.15) is 0 Å². The first kappa shape index (κ1) is 16.3. The molecule has 0 aliphatic carbocycles. The molecule has 2 aliphatic rings. The number of aliphatic carboxylic acids is 1. The molecule has 0 radical (unpaired) electrons. The third-order valence-electron chi connectivity index (χ3n) is 4.99. The van der Waals surface area contributed by atoms with Crippen molar-refractivity contribution in [3.05, 3.63) is 0 Å². The van der Waals surface area contributed by atoms with Gasteiger partial charge in [-0.15, -0.1) is 0 Å². The molecule has 2 aliphatic heterocycles. The molecule has 1 N–H and O–H groups in total. The van der Waals surface area contributed by atoms with Crippen LogP contribution >= 0.6 is 0 Å². The second-order valence-corrected chi connectivity index (χ2v) is 7.29. The van der Waals surface area contributed by atoms with E-state index in [4.69, 9.17) is 5.11 Å². The molecule has 0 unspecified atom stereocenters. The molecule has 0 aromatic rings. The van der Waals surface area contributed by atoms with E-state index in [9.17, 15) is 9.59 Å². The SMILES string of the molecule is CC1(C)CCCN(CC(=O)N2CCC(C(=O)O)CC2)CC1. The number of carbonyl (C=O) groups excluding carboxylic acids is 1. The highest BCUT2D eigenvalue weighted by Crippen LogP contribution is 2.29. The first-order chi connectivity index (χ1) is 9.87. The Morgan fingerprint density at radius 2 is 1.76 bits per heavy atom. The van der Waals surface area contributed by atoms with Gasteiger partial charge in [-0.2, -0.15) is 0 Å². The number of piperidine rings is 1. The lowest BCUT2D eigenvalue weighted by Crippen LogP contribution is -2.45. The van der Waals surface area contributed by atoms with Crippen molar-refractivity contribution in [2.75, 3.05) is 32.7 Å². The number of amides is 1. The van der Waals surface area contributed by atoms with Crippen molar-refractivity contribution < 1.29 is 14.7 Å². The van der Waals surface area contributed by atoms with Crippen LogP contribution in [0.4, 0.5) is 0 Å². The Balaban J connectivity index is 1.78. The van der Waals surface area contributed by atoms with Crippen molar-refractivity contribution >= 4 is 11.9 Å². The predicted molar refractivity (Wildman–Crippen MR) is 81.0 cm³/mol. The van der Waals surface area contributed by atoms with Crippen molar-refractivity contribution in [3.63, 3.8) is 0 Å². The van der Waals surface area contributed by atoms with Gasteiger partial charge in [0.15, 0.2) is 0 Å². The minimum absolute atomic E-state index is 0.165. The summed E-state index contributed by atoms with van der Waals surface area (Å²) in [6.07, 6.45) is 4.70. The number of nitrogens with zero attached hydrogens (tertiary/aromatic N) is 2. The van der Waals surface area contributed by atoms with Crippen LogP contribution < -0.4 is 0 Å². The summed E-state index contributed by atoms with van der Waals surface area (Å²) in [4.78, 5) is 27.4. The lowest BCUT2D eigenvalue weighted by Gasteiger charge is -2.32. The van der Waals surface area contributed by atoms with Crippen LogP contribution in [-0.2, 0) is 9.59 Å². The maximum absolute atomic E-state index is 12.4. The van der Waals surface area contributed by atoms with Gasteiger partial charge >= 0.3 is 5.97 Å². The third kappa shape index (κ3) is 4.70. The van der Waals surface area contributed by atoms with Crippen LogP contribution in [0.5, 0.6) is 0 Å². The smallest absolute Gasteiger partial charge is 0.306 e. The van der Waals surface area contributed by atoms with E-state index in [-0.39, 0.29) is 11.8 Å². The summed E-state index contributed by atoms with van der Waals surface area (Å²) >= 11 is 0. The van der Waals surface area contributed by atoms with Crippen LogP contribution in [0.1, 0.15) is 46.0 Å². The van der Waals surface area contributed by atoms with E-state index in [1.54, 1.807) is 0 Å². The average Bonchev–Trinajstić information content (AvgIpc) is 2.60. The molecule has 0 bridgehead atoms. The van der Waals surface area contributed by atoms with E-state index in [2.05, 4.69) is 18.7 Å². The first-order valence-electron chi connectivity index (χ1n) is 8.10. The minimum Gasteiger partial charge on any atom is -0.481 e. The number of carboxylic acids is 1. The summed E-state index contributed by atoms with van der Waals surface area (Å²) in [6, 6.07) is 0. The zero-order valence-corrected chi connectivity index (χ0v) is 13.3. The lowest BCUT2D eigenvalue weighted by atomic mass is 9.85. The Morgan fingerprint density at radius 3 is 2.38 bits per heavy atom. The number of carboxylic acid groups (broad SMARTS) is 1. The molecule has 2 rings (SSSR count).